The maximum atomic E-state index is 12.3. The lowest BCUT2D eigenvalue weighted by molar-refractivity contribution is 0.102. The zero-order valence-electron chi connectivity index (χ0n) is 11.1. The summed E-state index contributed by atoms with van der Waals surface area (Å²) in [5.41, 5.74) is 8.13. The van der Waals surface area contributed by atoms with E-state index in [0.29, 0.717) is 26.8 Å². The third-order valence-electron chi connectivity index (χ3n) is 3.50. The Kier molecular flexibility index (Phi) is 3.58. The molecule has 0 spiro atoms. The van der Waals surface area contributed by atoms with Gasteiger partial charge in [-0.3, -0.25) is 4.79 Å². The number of halogens is 1. The Hall–Kier alpha value is -2.03. The molecule has 0 radical (unpaired) electrons. The van der Waals surface area contributed by atoms with E-state index in [1.165, 1.54) is 22.3 Å². The molecule has 2 aromatic rings. The van der Waals surface area contributed by atoms with Gasteiger partial charge < -0.3 is 11.1 Å². The van der Waals surface area contributed by atoms with Crippen LogP contribution in [0.3, 0.4) is 0 Å². The number of nitrogens with two attached hydrogens (primary N) is 1. The number of hydrogen-bond donors (Lipinski definition) is 2. The Morgan fingerprint density at radius 2 is 2.24 bits per heavy atom. The molecule has 0 atom stereocenters. The monoisotopic (exact) mass is 317 g/mol. The lowest BCUT2D eigenvalue weighted by Gasteiger charge is -2.06. The van der Waals surface area contributed by atoms with Gasteiger partial charge in [-0.15, -0.1) is 11.3 Å². The molecule has 1 heterocycles. The normalized spacial score (nSPS) is 12.8. The number of aryl methyl sites for hydroxylation is 1. The van der Waals surface area contributed by atoms with E-state index >= 15 is 0 Å². The summed E-state index contributed by atoms with van der Waals surface area (Å²) in [5.74, 6) is -0.344. The van der Waals surface area contributed by atoms with Crippen molar-refractivity contribution >= 4 is 39.5 Å². The van der Waals surface area contributed by atoms with Crippen molar-refractivity contribution in [2.24, 2.45) is 0 Å². The molecule has 3 N–H and O–H groups in total. The Labute approximate surface area is 131 Å². The smallest absolute Gasteiger partial charge is 0.257 e. The highest BCUT2D eigenvalue weighted by Gasteiger charge is 2.23. The van der Waals surface area contributed by atoms with Gasteiger partial charge in [0.15, 0.2) is 0 Å². The van der Waals surface area contributed by atoms with Crippen LogP contribution in [0.1, 0.15) is 32.8 Å². The number of anilines is 2. The first-order valence-electron chi connectivity index (χ1n) is 6.51. The molecule has 0 fully saturated rings. The van der Waals surface area contributed by atoms with Crippen LogP contribution in [0.4, 0.5) is 10.7 Å². The Balaban J connectivity index is 1.92. The van der Waals surface area contributed by atoms with Crippen LogP contribution in [0, 0.1) is 11.3 Å². The SMILES string of the molecule is N#Cc1c(NC(=O)c2cc(N)ccc2Cl)sc2c1CCC2. The van der Waals surface area contributed by atoms with Crippen LogP contribution in [0.2, 0.25) is 5.02 Å². The van der Waals surface area contributed by atoms with Gasteiger partial charge in [-0.05, 0) is 43.0 Å². The lowest BCUT2D eigenvalue weighted by atomic mass is 10.1. The quantitative estimate of drug-likeness (QED) is 0.831. The van der Waals surface area contributed by atoms with E-state index in [4.69, 9.17) is 17.3 Å². The number of fused-ring (bicyclic) bond motifs is 1. The number of nitrogens with zero attached hydrogens (tertiary/aromatic N) is 1. The molecule has 0 bridgehead atoms. The van der Waals surface area contributed by atoms with Crippen molar-refractivity contribution in [1.29, 1.82) is 5.26 Å². The van der Waals surface area contributed by atoms with Gasteiger partial charge in [-0.25, -0.2) is 0 Å². The molecule has 3 rings (SSSR count). The van der Waals surface area contributed by atoms with Crippen LogP contribution in [0.5, 0.6) is 0 Å². The number of nitriles is 1. The molecule has 21 heavy (non-hydrogen) atoms. The molecule has 1 aliphatic rings. The summed E-state index contributed by atoms with van der Waals surface area (Å²) in [6.07, 6.45) is 2.96. The Bertz CT molecular complexity index is 776. The summed E-state index contributed by atoms with van der Waals surface area (Å²) in [6, 6.07) is 6.96. The molecule has 0 saturated heterocycles. The number of rotatable bonds is 2. The van der Waals surface area contributed by atoms with Crippen molar-refractivity contribution in [3.8, 4) is 6.07 Å². The number of nitrogens with one attached hydrogen (secondary N) is 1. The maximum absolute atomic E-state index is 12.3. The summed E-state index contributed by atoms with van der Waals surface area (Å²) in [7, 11) is 0. The molecule has 0 saturated carbocycles. The van der Waals surface area contributed by atoms with Crippen LogP contribution in [-0.2, 0) is 12.8 Å². The van der Waals surface area contributed by atoms with Gasteiger partial charge in [0.05, 0.1) is 16.1 Å². The molecule has 1 aliphatic carbocycles. The largest absolute Gasteiger partial charge is 0.399 e. The van der Waals surface area contributed by atoms with Crippen LogP contribution in [0.15, 0.2) is 18.2 Å². The molecule has 6 heteroatoms. The van der Waals surface area contributed by atoms with Crippen molar-refractivity contribution in [3.63, 3.8) is 0 Å². The van der Waals surface area contributed by atoms with Gasteiger partial charge in [0.1, 0.15) is 11.1 Å². The number of carbonyl (C=O) groups excluding carboxylic acids is 1. The van der Waals surface area contributed by atoms with Gasteiger partial charge >= 0.3 is 0 Å². The van der Waals surface area contributed by atoms with Gasteiger partial charge in [-0.1, -0.05) is 11.6 Å². The molecule has 0 unspecified atom stereocenters. The summed E-state index contributed by atoms with van der Waals surface area (Å²) in [5, 5.41) is 13.0. The topological polar surface area (TPSA) is 78.9 Å². The van der Waals surface area contributed by atoms with Crippen LogP contribution in [-0.4, -0.2) is 5.91 Å². The average Bonchev–Trinajstić information content (AvgIpc) is 3.01. The first-order chi connectivity index (χ1) is 10.1. The fraction of sp³-hybridized carbons (Fsp3) is 0.200. The number of thiophene rings is 1. The van der Waals surface area contributed by atoms with Crippen molar-refractivity contribution in [2.75, 3.05) is 11.1 Å². The number of hydrogen-bond acceptors (Lipinski definition) is 4. The number of nitrogen functional groups attached to an aromatic ring is 1. The lowest BCUT2D eigenvalue weighted by Crippen LogP contribution is -2.13. The third-order valence-corrected chi connectivity index (χ3v) is 5.03. The molecular weight excluding hydrogens is 306 g/mol. The van der Waals surface area contributed by atoms with Crippen LogP contribution < -0.4 is 11.1 Å². The second-order valence-electron chi connectivity index (χ2n) is 4.87. The second-order valence-corrected chi connectivity index (χ2v) is 6.38. The number of amides is 1. The van der Waals surface area contributed by atoms with Gasteiger partial charge in [0, 0.05) is 10.6 Å². The van der Waals surface area contributed by atoms with E-state index in [2.05, 4.69) is 11.4 Å². The molecule has 0 aliphatic heterocycles. The van der Waals surface area contributed by atoms with Crippen LogP contribution >= 0.6 is 22.9 Å². The summed E-state index contributed by atoms with van der Waals surface area (Å²) in [6.45, 7) is 0. The van der Waals surface area contributed by atoms with E-state index in [1.807, 2.05) is 0 Å². The summed E-state index contributed by atoms with van der Waals surface area (Å²) >= 11 is 7.51. The van der Waals surface area contributed by atoms with E-state index in [1.54, 1.807) is 12.1 Å². The first kappa shape index (κ1) is 13.9. The van der Waals surface area contributed by atoms with E-state index < -0.39 is 0 Å². The Morgan fingerprint density at radius 1 is 1.43 bits per heavy atom. The van der Waals surface area contributed by atoms with Crippen molar-refractivity contribution in [3.05, 3.63) is 44.8 Å². The van der Waals surface area contributed by atoms with E-state index in [-0.39, 0.29) is 5.91 Å². The molecular formula is C15H12ClN3OS. The fourth-order valence-corrected chi connectivity index (χ4v) is 3.94. The average molecular weight is 318 g/mol. The third kappa shape index (κ3) is 2.48. The Morgan fingerprint density at radius 3 is 3.00 bits per heavy atom. The molecule has 1 aromatic carbocycles. The van der Waals surface area contributed by atoms with E-state index in [9.17, 15) is 10.1 Å². The predicted molar refractivity (Wildman–Crippen MR) is 84.9 cm³/mol. The van der Waals surface area contributed by atoms with Gasteiger partial charge in [0.2, 0.25) is 0 Å². The predicted octanol–water partition coefficient (Wildman–Crippen LogP) is 3.60. The van der Waals surface area contributed by atoms with Gasteiger partial charge in [0.25, 0.3) is 5.91 Å². The summed E-state index contributed by atoms with van der Waals surface area (Å²) in [4.78, 5) is 13.5. The minimum absolute atomic E-state index is 0.314. The zero-order chi connectivity index (χ0) is 15.0. The molecule has 1 aromatic heterocycles. The zero-order valence-corrected chi connectivity index (χ0v) is 12.6. The maximum Gasteiger partial charge on any atom is 0.257 e. The first-order valence-corrected chi connectivity index (χ1v) is 7.70. The minimum atomic E-state index is -0.344. The highest BCUT2D eigenvalue weighted by Crippen LogP contribution is 2.38. The standard InChI is InChI=1S/C15H12ClN3OS/c16-12-5-4-8(18)6-10(12)14(20)19-15-11(7-17)9-2-1-3-13(9)21-15/h4-6H,1-3,18H2,(H,19,20). The van der Waals surface area contributed by atoms with E-state index in [0.717, 1.165) is 24.8 Å². The number of carbonyl (C=O) groups is 1. The van der Waals surface area contributed by atoms with Gasteiger partial charge in [-0.2, -0.15) is 5.26 Å². The summed E-state index contributed by atoms with van der Waals surface area (Å²) < 4.78 is 0. The number of benzene rings is 1. The molecule has 106 valence electrons. The highest BCUT2D eigenvalue weighted by molar-refractivity contribution is 7.16. The second kappa shape index (κ2) is 5.40. The van der Waals surface area contributed by atoms with Crippen molar-refractivity contribution < 1.29 is 4.79 Å². The molecule has 1 amide bonds. The van der Waals surface area contributed by atoms with Crippen LogP contribution in [0.25, 0.3) is 0 Å². The van der Waals surface area contributed by atoms with Crippen molar-refractivity contribution in [2.45, 2.75) is 19.3 Å². The fourth-order valence-electron chi connectivity index (χ4n) is 2.50. The van der Waals surface area contributed by atoms with Crippen molar-refractivity contribution in [1.82, 2.24) is 0 Å². The minimum Gasteiger partial charge on any atom is -0.399 e. The molecule has 4 nitrogen and oxygen atoms in total. The highest BCUT2D eigenvalue weighted by atomic mass is 35.5.